The number of carbonyl (C=O) groups is 1. The molecule has 0 aromatic heterocycles. The maximum atomic E-state index is 12.0. The lowest BCUT2D eigenvalue weighted by molar-refractivity contribution is -0.129. The number of amides is 1. The van der Waals surface area contributed by atoms with E-state index >= 15 is 0 Å². The summed E-state index contributed by atoms with van der Waals surface area (Å²) in [6, 6.07) is 5.35. The van der Waals surface area contributed by atoms with Crippen molar-refractivity contribution < 1.29 is 9.90 Å². The number of hydrogen-bond acceptors (Lipinski definition) is 3. The van der Waals surface area contributed by atoms with Gasteiger partial charge in [-0.2, -0.15) is 0 Å². The molecule has 0 aliphatic carbocycles. The maximum Gasteiger partial charge on any atom is 0.242 e. The lowest BCUT2D eigenvalue weighted by atomic mass is 10.2. The fourth-order valence-corrected chi connectivity index (χ4v) is 2.27. The third-order valence-corrected chi connectivity index (χ3v) is 3.40. The molecular formula is C14H21ClN2O2. The van der Waals surface area contributed by atoms with Crippen molar-refractivity contribution in [1.29, 1.82) is 0 Å². The molecule has 0 saturated heterocycles. The highest BCUT2D eigenvalue weighted by atomic mass is 35.5. The average Bonchev–Trinajstić information content (AvgIpc) is 2.39. The van der Waals surface area contributed by atoms with E-state index in [-0.39, 0.29) is 12.5 Å². The van der Waals surface area contributed by atoms with Gasteiger partial charge in [-0.25, -0.2) is 0 Å². The first-order chi connectivity index (χ1) is 9.03. The fourth-order valence-electron chi connectivity index (χ4n) is 1.92. The van der Waals surface area contributed by atoms with Crippen molar-refractivity contribution in [1.82, 2.24) is 4.90 Å². The van der Waals surface area contributed by atoms with Gasteiger partial charge in [-0.3, -0.25) is 4.79 Å². The van der Waals surface area contributed by atoms with Crippen LogP contribution >= 0.6 is 11.6 Å². The predicted octanol–water partition coefficient (Wildman–Crippen LogP) is 2.14. The van der Waals surface area contributed by atoms with Crippen molar-refractivity contribution in [3.8, 4) is 0 Å². The van der Waals surface area contributed by atoms with Gasteiger partial charge < -0.3 is 14.9 Å². The van der Waals surface area contributed by atoms with Crippen LogP contribution in [0.25, 0.3) is 0 Å². The summed E-state index contributed by atoms with van der Waals surface area (Å²) in [5.41, 5.74) is 1.55. The second-order valence-electron chi connectivity index (χ2n) is 4.37. The Balaban J connectivity index is 2.78. The van der Waals surface area contributed by atoms with Crippen molar-refractivity contribution in [3.63, 3.8) is 0 Å². The minimum Gasteiger partial charge on any atom is -0.392 e. The Morgan fingerprint density at radius 1 is 1.32 bits per heavy atom. The van der Waals surface area contributed by atoms with Crippen LogP contribution in [0, 0.1) is 0 Å². The Bertz CT molecular complexity index is 433. The number of benzene rings is 1. The first-order valence-corrected chi connectivity index (χ1v) is 6.79. The highest BCUT2D eigenvalue weighted by molar-refractivity contribution is 6.33. The van der Waals surface area contributed by atoms with E-state index in [1.807, 2.05) is 31.9 Å². The van der Waals surface area contributed by atoms with Crippen LogP contribution in [-0.4, -0.2) is 42.6 Å². The Labute approximate surface area is 119 Å². The molecule has 0 aliphatic rings. The number of carbonyl (C=O) groups excluding carboxylic acids is 1. The van der Waals surface area contributed by atoms with Crippen LogP contribution in [0.1, 0.15) is 19.4 Å². The van der Waals surface area contributed by atoms with Gasteiger partial charge in [0.25, 0.3) is 0 Å². The molecular weight excluding hydrogens is 264 g/mol. The van der Waals surface area contributed by atoms with E-state index < -0.39 is 0 Å². The van der Waals surface area contributed by atoms with Crippen LogP contribution in [0.2, 0.25) is 5.02 Å². The molecule has 1 aromatic carbocycles. The molecule has 1 amide bonds. The first kappa shape index (κ1) is 15.8. The zero-order chi connectivity index (χ0) is 14.4. The number of hydrogen-bond donors (Lipinski definition) is 1. The molecule has 0 unspecified atom stereocenters. The normalized spacial score (nSPS) is 10.4. The van der Waals surface area contributed by atoms with Crippen molar-refractivity contribution in [2.24, 2.45) is 0 Å². The van der Waals surface area contributed by atoms with E-state index in [0.717, 1.165) is 11.3 Å². The molecule has 0 heterocycles. The third kappa shape index (κ3) is 4.11. The van der Waals surface area contributed by atoms with Gasteiger partial charge in [0.2, 0.25) is 5.91 Å². The molecule has 0 spiro atoms. The SMILES string of the molecule is CCN(CC)C(=O)CN(C)c1ccc(CO)cc1Cl. The topological polar surface area (TPSA) is 43.8 Å². The summed E-state index contributed by atoms with van der Waals surface area (Å²) in [4.78, 5) is 15.6. The summed E-state index contributed by atoms with van der Waals surface area (Å²) in [5, 5.41) is 9.58. The highest BCUT2D eigenvalue weighted by Crippen LogP contribution is 2.26. The van der Waals surface area contributed by atoms with Crippen LogP contribution in [0.4, 0.5) is 5.69 Å². The number of aliphatic hydroxyl groups excluding tert-OH is 1. The smallest absolute Gasteiger partial charge is 0.242 e. The van der Waals surface area contributed by atoms with Crippen LogP contribution in [0.3, 0.4) is 0 Å². The molecule has 0 saturated carbocycles. The van der Waals surface area contributed by atoms with Gasteiger partial charge in [-0.15, -0.1) is 0 Å². The predicted molar refractivity (Wildman–Crippen MR) is 78.6 cm³/mol. The summed E-state index contributed by atoms with van der Waals surface area (Å²) in [7, 11) is 1.83. The van der Waals surface area contributed by atoms with Crippen LogP contribution in [-0.2, 0) is 11.4 Å². The molecule has 0 aliphatic heterocycles. The summed E-state index contributed by atoms with van der Waals surface area (Å²) < 4.78 is 0. The van der Waals surface area contributed by atoms with Crippen LogP contribution < -0.4 is 4.90 Å². The van der Waals surface area contributed by atoms with Gasteiger partial charge in [0.15, 0.2) is 0 Å². The quantitative estimate of drug-likeness (QED) is 0.870. The third-order valence-electron chi connectivity index (χ3n) is 3.09. The van der Waals surface area contributed by atoms with Crippen molar-refractivity contribution in [3.05, 3.63) is 28.8 Å². The van der Waals surface area contributed by atoms with Gasteiger partial charge in [-0.05, 0) is 31.5 Å². The Hall–Kier alpha value is -1.26. The Morgan fingerprint density at radius 3 is 2.42 bits per heavy atom. The van der Waals surface area contributed by atoms with E-state index in [9.17, 15) is 4.79 Å². The second kappa shape index (κ2) is 7.36. The van der Waals surface area contributed by atoms with E-state index in [2.05, 4.69) is 0 Å². The van der Waals surface area contributed by atoms with Gasteiger partial charge in [-0.1, -0.05) is 17.7 Å². The minimum absolute atomic E-state index is 0.0396. The van der Waals surface area contributed by atoms with Gasteiger partial charge in [0, 0.05) is 20.1 Å². The molecule has 5 heteroatoms. The second-order valence-corrected chi connectivity index (χ2v) is 4.77. The molecule has 0 atom stereocenters. The van der Waals surface area contributed by atoms with Crippen molar-refractivity contribution >= 4 is 23.2 Å². The summed E-state index contributed by atoms with van der Waals surface area (Å²) in [6.45, 7) is 5.59. The largest absolute Gasteiger partial charge is 0.392 e. The zero-order valence-corrected chi connectivity index (χ0v) is 12.4. The lowest BCUT2D eigenvalue weighted by Gasteiger charge is -2.25. The number of likely N-dealkylation sites (N-methyl/N-ethyl adjacent to an activating group) is 2. The van der Waals surface area contributed by atoms with E-state index in [1.54, 1.807) is 17.0 Å². The number of nitrogens with zero attached hydrogens (tertiary/aromatic N) is 2. The minimum atomic E-state index is -0.0396. The standard InChI is InChI=1S/C14H21ClN2O2/c1-4-17(5-2)14(19)9-16(3)13-7-6-11(10-18)8-12(13)15/h6-8,18H,4-5,9-10H2,1-3H3. The Kier molecular flexibility index (Phi) is 6.12. The van der Waals surface area contributed by atoms with Crippen molar-refractivity contribution in [2.45, 2.75) is 20.5 Å². The zero-order valence-electron chi connectivity index (χ0n) is 11.7. The monoisotopic (exact) mass is 284 g/mol. The number of anilines is 1. The van der Waals surface area contributed by atoms with E-state index in [0.29, 0.717) is 24.7 Å². The average molecular weight is 285 g/mol. The molecule has 1 aromatic rings. The lowest BCUT2D eigenvalue weighted by Crippen LogP contribution is -2.38. The van der Waals surface area contributed by atoms with Crippen LogP contribution in [0.5, 0.6) is 0 Å². The van der Waals surface area contributed by atoms with E-state index in [4.69, 9.17) is 16.7 Å². The molecule has 0 fully saturated rings. The van der Waals surface area contributed by atoms with Gasteiger partial charge >= 0.3 is 0 Å². The number of aliphatic hydroxyl groups is 1. The van der Waals surface area contributed by atoms with Gasteiger partial charge in [0.05, 0.1) is 23.9 Å². The highest BCUT2D eigenvalue weighted by Gasteiger charge is 2.14. The van der Waals surface area contributed by atoms with Gasteiger partial charge in [0.1, 0.15) is 0 Å². The maximum absolute atomic E-state index is 12.0. The molecule has 1 N–H and O–H groups in total. The summed E-state index contributed by atoms with van der Waals surface area (Å²) >= 11 is 6.16. The van der Waals surface area contributed by atoms with E-state index in [1.165, 1.54) is 0 Å². The molecule has 1 rings (SSSR count). The number of rotatable bonds is 6. The Morgan fingerprint density at radius 2 is 1.95 bits per heavy atom. The molecule has 106 valence electrons. The summed E-state index contributed by atoms with van der Waals surface area (Å²) in [6.07, 6.45) is 0. The van der Waals surface area contributed by atoms with Crippen molar-refractivity contribution in [2.75, 3.05) is 31.6 Å². The molecule has 0 radical (unpaired) electrons. The van der Waals surface area contributed by atoms with Crippen LogP contribution in [0.15, 0.2) is 18.2 Å². The molecule has 0 bridgehead atoms. The molecule has 4 nitrogen and oxygen atoms in total. The molecule has 19 heavy (non-hydrogen) atoms. The summed E-state index contributed by atoms with van der Waals surface area (Å²) in [5.74, 6) is 0.0785. The fraction of sp³-hybridized carbons (Fsp3) is 0.500. The number of halogens is 1. The first-order valence-electron chi connectivity index (χ1n) is 6.41.